The lowest BCUT2D eigenvalue weighted by molar-refractivity contribution is 0.323. The molecule has 1 atom stereocenters. The lowest BCUT2D eigenvalue weighted by Gasteiger charge is -2.20. The van der Waals surface area contributed by atoms with Crippen molar-refractivity contribution in [3.63, 3.8) is 0 Å². The van der Waals surface area contributed by atoms with Gasteiger partial charge in [0.2, 0.25) is 5.89 Å². The van der Waals surface area contributed by atoms with Gasteiger partial charge in [-0.1, -0.05) is 38.8 Å². The number of rotatable bonds is 7. The van der Waals surface area contributed by atoms with Crippen molar-refractivity contribution in [1.82, 2.24) is 15.5 Å². The first-order valence-electron chi connectivity index (χ1n) is 7.76. The first-order valence-corrected chi connectivity index (χ1v) is 7.76. The largest absolute Gasteiger partial charge is 0.339 e. The van der Waals surface area contributed by atoms with Gasteiger partial charge in [-0.05, 0) is 31.7 Å². The normalized spacial score (nSPS) is 18.3. The highest BCUT2D eigenvalue weighted by molar-refractivity contribution is 4.99. The van der Waals surface area contributed by atoms with E-state index in [1.165, 1.54) is 25.7 Å². The summed E-state index contributed by atoms with van der Waals surface area (Å²) < 4.78 is 5.44. The molecule has 1 N–H and O–H groups in total. The van der Waals surface area contributed by atoms with E-state index in [9.17, 15) is 0 Å². The Bertz CT molecular complexity index is 369. The molecule has 1 saturated carbocycles. The van der Waals surface area contributed by atoms with Crippen LogP contribution in [-0.4, -0.2) is 22.7 Å². The quantitative estimate of drug-likeness (QED) is 0.822. The van der Waals surface area contributed by atoms with Crippen LogP contribution in [0.5, 0.6) is 0 Å². The van der Waals surface area contributed by atoms with Gasteiger partial charge < -0.3 is 9.84 Å². The van der Waals surface area contributed by atoms with Crippen molar-refractivity contribution in [2.24, 2.45) is 5.92 Å². The Morgan fingerprint density at radius 3 is 2.68 bits per heavy atom. The van der Waals surface area contributed by atoms with Gasteiger partial charge in [0, 0.05) is 18.4 Å². The SMILES string of the molecule is CCCNC(Cc1nc(C2CCCC2)no1)C(C)C. The zero-order chi connectivity index (χ0) is 13.7. The van der Waals surface area contributed by atoms with Crippen molar-refractivity contribution in [3.8, 4) is 0 Å². The van der Waals surface area contributed by atoms with Crippen LogP contribution in [0.1, 0.15) is 70.5 Å². The highest BCUT2D eigenvalue weighted by Crippen LogP contribution is 2.32. The third-order valence-corrected chi connectivity index (χ3v) is 4.06. The molecule has 0 aliphatic heterocycles. The zero-order valence-electron chi connectivity index (χ0n) is 12.5. The Labute approximate surface area is 116 Å². The maximum absolute atomic E-state index is 5.44. The van der Waals surface area contributed by atoms with Crippen LogP contribution >= 0.6 is 0 Å². The number of nitrogens with one attached hydrogen (secondary N) is 1. The van der Waals surface area contributed by atoms with Crippen molar-refractivity contribution in [1.29, 1.82) is 0 Å². The summed E-state index contributed by atoms with van der Waals surface area (Å²) in [5.41, 5.74) is 0. The minimum absolute atomic E-state index is 0.428. The third kappa shape index (κ3) is 4.03. The fraction of sp³-hybridized carbons (Fsp3) is 0.867. The molecule has 4 heteroatoms. The van der Waals surface area contributed by atoms with E-state index < -0.39 is 0 Å². The molecular formula is C15H27N3O. The molecule has 0 spiro atoms. The van der Waals surface area contributed by atoms with Gasteiger partial charge in [0.1, 0.15) is 0 Å². The van der Waals surface area contributed by atoms with E-state index in [-0.39, 0.29) is 0 Å². The molecule has 2 rings (SSSR count). The summed E-state index contributed by atoms with van der Waals surface area (Å²) in [7, 11) is 0. The predicted octanol–water partition coefficient (Wildman–Crippen LogP) is 3.29. The van der Waals surface area contributed by atoms with Crippen LogP contribution in [0, 0.1) is 5.92 Å². The van der Waals surface area contributed by atoms with Gasteiger partial charge in [0.15, 0.2) is 5.82 Å². The summed E-state index contributed by atoms with van der Waals surface area (Å²) in [5, 5.41) is 7.75. The third-order valence-electron chi connectivity index (χ3n) is 4.06. The zero-order valence-corrected chi connectivity index (χ0v) is 12.5. The first-order chi connectivity index (χ1) is 9.20. The highest BCUT2D eigenvalue weighted by atomic mass is 16.5. The van der Waals surface area contributed by atoms with Crippen LogP contribution in [0.25, 0.3) is 0 Å². The van der Waals surface area contributed by atoms with E-state index in [4.69, 9.17) is 4.52 Å². The molecule has 1 aliphatic carbocycles. The lowest BCUT2D eigenvalue weighted by atomic mass is 10.0. The molecule has 1 aliphatic rings. The second-order valence-corrected chi connectivity index (χ2v) is 6.04. The van der Waals surface area contributed by atoms with Gasteiger partial charge >= 0.3 is 0 Å². The van der Waals surface area contributed by atoms with Gasteiger partial charge in [-0.15, -0.1) is 0 Å². The molecule has 1 unspecified atom stereocenters. The molecule has 108 valence electrons. The molecule has 19 heavy (non-hydrogen) atoms. The van der Waals surface area contributed by atoms with Crippen molar-refractivity contribution >= 4 is 0 Å². The van der Waals surface area contributed by atoms with Crippen molar-refractivity contribution in [2.45, 2.75) is 71.3 Å². The smallest absolute Gasteiger partial charge is 0.228 e. The minimum atomic E-state index is 0.428. The fourth-order valence-corrected chi connectivity index (χ4v) is 2.76. The monoisotopic (exact) mass is 265 g/mol. The van der Waals surface area contributed by atoms with Gasteiger partial charge in [0.05, 0.1) is 0 Å². The molecule has 0 saturated heterocycles. The minimum Gasteiger partial charge on any atom is -0.339 e. The molecule has 0 aromatic carbocycles. The van der Waals surface area contributed by atoms with Gasteiger partial charge in [0.25, 0.3) is 0 Å². The summed E-state index contributed by atoms with van der Waals surface area (Å²) in [5.74, 6) is 2.85. The molecular weight excluding hydrogens is 238 g/mol. The Morgan fingerprint density at radius 1 is 1.32 bits per heavy atom. The Morgan fingerprint density at radius 2 is 2.05 bits per heavy atom. The van der Waals surface area contributed by atoms with Crippen LogP contribution in [0.2, 0.25) is 0 Å². The summed E-state index contributed by atoms with van der Waals surface area (Å²) in [6, 6.07) is 0.428. The first kappa shape index (κ1) is 14.5. The number of nitrogens with zero attached hydrogens (tertiary/aromatic N) is 2. The average Bonchev–Trinajstić information content (AvgIpc) is 3.04. The standard InChI is InChI=1S/C15H27N3O/c1-4-9-16-13(11(2)3)10-14-17-15(18-19-14)12-7-5-6-8-12/h11-13,16H,4-10H2,1-3H3. The lowest BCUT2D eigenvalue weighted by Crippen LogP contribution is -2.36. The second kappa shape index (κ2) is 7.04. The van der Waals surface area contributed by atoms with E-state index in [0.717, 1.165) is 31.1 Å². The molecule has 1 aromatic heterocycles. The van der Waals surface area contributed by atoms with E-state index >= 15 is 0 Å². The van der Waals surface area contributed by atoms with E-state index in [0.29, 0.717) is 17.9 Å². The summed E-state index contributed by atoms with van der Waals surface area (Å²) in [6.45, 7) is 7.71. The molecule has 0 radical (unpaired) electrons. The van der Waals surface area contributed by atoms with E-state index in [1.807, 2.05) is 0 Å². The van der Waals surface area contributed by atoms with Crippen LogP contribution in [0.15, 0.2) is 4.52 Å². The van der Waals surface area contributed by atoms with Gasteiger partial charge in [-0.25, -0.2) is 0 Å². The van der Waals surface area contributed by atoms with Crippen LogP contribution in [0.3, 0.4) is 0 Å². The maximum atomic E-state index is 5.44. The van der Waals surface area contributed by atoms with Crippen molar-refractivity contribution in [3.05, 3.63) is 11.7 Å². The molecule has 1 aromatic rings. The summed E-state index contributed by atoms with van der Waals surface area (Å²) in [6.07, 6.45) is 7.06. The average molecular weight is 265 g/mol. The van der Waals surface area contributed by atoms with E-state index in [1.54, 1.807) is 0 Å². The second-order valence-electron chi connectivity index (χ2n) is 6.04. The van der Waals surface area contributed by atoms with Crippen molar-refractivity contribution < 1.29 is 4.52 Å². The molecule has 0 bridgehead atoms. The molecule has 0 amide bonds. The Kier molecular flexibility index (Phi) is 5.37. The Balaban J connectivity index is 1.93. The summed E-state index contributed by atoms with van der Waals surface area (Å²) >= 11 is 0. The van der Waals surface area contributed by atoms with E-state index in [2.05, 4.69) is 36.2 Å². The molecule has 1 fully saturated rings. The van der Waals surface area contributed by atoms with Gasteiger partial charge in [-0.2, -0.15) is 4.98 Å². The van der Waals surface area contributed by atoms with Crippen molar-refractivity contribution in [2.75, 3.05) is 6.54 Å². The van der Waals surface area contributed by atoms with Gasteiger partial charge in [-0.3, -0.25) is 0 Å². The fourth-order valence-electron chi connectivity index (χ4n) is 2.76. The number of hydrogen-bond donors (Lipinski definition) is 1. The predicted molar refractivity (Wildman–Crippen MR) is 76.1 cm³/mol. The number of hydrogen-bond acceptors (Lipinski definition) is 4. The van der Waals surface area contributed by atoms with Crippen LogP contribution in [0.4, 0.5) is 0 Å². The van der Waals surface area contributed by atoms with Crippen LogP contribution < -0.4 is 5.32 Å². The Hall–Kier alpha value is -0.900. The van der Waals surface area contributed by atoms with Crippen LogP contribution in [-0.2, 0) is 6.42 Å². The summed E-state index contributed by atoms with van der Waals surface area (Å²) in [4.78, 5) is 4.60. The molecule has 1 heterocycles. The maximum Gasteiger partial charge on any atom is 0.228 e. The highest BCUT2D eigenvalue weighted by Gasteiger charge is 2.23. The topological polar surface area (TPSA) is 51.0 Å². The molecule has 4 nitrogen and oxygen atoms in total. The number of aromatic nitrogens is 2.